The van der Waals surface area contributed by atoms with Crippen molar-refractivity contribution in [3.05, 3.63) is 29.6 Å². The van der Waals surface area contributed by atoms with Crippen LogP contribution in [-0.4, -0.2) is 23.7 Å². The highest BCUT2D eigenvalue weighted by molar-refractivity contribution is 5.89. The van der Waals surface area contributed by atoms with Gasteiger partial charge in [0.05, 0.1) is 11.1 Å². The van der Waals surface area contributed by atoms with Crippen molar-refractivity contribution in [3.8, 4) is 0 Å². The van der Waals surface area contributed by atoms with Crippen LogP contribution in [-0.2, 0) is 4.79 Å². The van der Waals surface area contributed by atoms with Crippen LogP contribution >= 0.6 is 0 Å². The van der Waals surface area contributed by atoms with E-state index in [-0.39, 0.29) is 12.2 Å². The zero-order chi connectivity index (χ0) is 14.6. The summed E-state index contributed by atoms with van der Waals surface area (Å²) in [5.74, 6) is -1.55. The lowest BCUT2D eigenvalue weighted by Gasteiger charge is -2.19. The van der Waals surface area contributed by atoms with Crippen molar-refractivity contribution in [2.75, 3.05) is 11.9 Å². The second-order valence-electron chi connectivity index (χ2n) is 4.98. The first-order valence-electron chi connectivity index (χ1n) is 5.77. The van der Waals surface area contributed by atoms with Crippen molar-refractivity contribution in [1.29, 1.82) is 0 Å². The first-order chi connectivity index (χ1) is 8.72. The first kappa shape index (κ1) is 14.9. The number of halogens is 1. The standard InChI is InChI=1S/C13H17FN2O3/c1-8-4-5-10(9(14)6-8)16-12(19)15-7-13(2,3)11(17)18/h4-6H,7H2,1-3H3,(H,17,18)(H2,15,16,19). The minimum absolute atomic E-state index is 0.0521. The number of rotatable bonds is 4. The predicted molar refractivity (Wildman–Crippen MR) is 69.6 cm³/mol. The smallest absolute Gasteiger partial charge is 0.319 e. The molecular formula is C13H17FN2O3. The van der Waals surface area contributed by atoms with Crippen LogP contribution in [0, 0.1) is 18.2 Å². The third-order valence-corrected chi connectivity index (χ3v) is 2.64. The largest absolute Gasteiger partial charge is 0.481 e. The summed E-state index contributed by atoms with van der Waals surface area (Å²) in [4.78, 5) is 22.4. The lowest BCUT2D eigenvalue weighted by molar-refractivity contribution is -0.146. The van der Waals surface area contributed by atoms with Crippen LogP contribution in [0.15, 0.2) is 18.2 Å². The van der Waals surface area contributed by atoms with Gasteiger partial charge in [0.25, 0.3) is 0 Å². The highest BCUT2D eigenvalue weighted by atomic mass is 19.1. The number of carboxylic acid groups (broad SMARTS) is 1. The van der Waals surface area contributed by atoms with Gasteiger partial charge in [0, 0.05) is 6.54 Å². The molecule has 19 heavy (non-hydrogen) atoms. The molecule has 104 valence electrons. The van der Waals surface area contributed by atoms with Crippen molar-refractivity contribution in [2.45, 2.75) is 20.8 Å². The van der Waals surface area contributed by atoms with Gasteiger partial charge in [-0.3, -0.25) is 4.79 Å². The highest BCUT2D eigenvalue weighted by Gasteiger charge is 2.27. The number of benzene rings is 1. The molecule has 0 unspecified atom stereocenters. The Morgan fingerprint density at radius 3 is 2.53 bits per heavy atom. The van der Waals surface area contributed by atoms with Gasteiger partial charge in [0.2, 0.25) is 0 Å². The molecule has 3 N–H and O–H groups in total. The maximum atomic E-state index is 13.5. The van der Waals surface area contributed by atoms with E-state index in [4.69, 9.17) is 5.11 Å². The van der Waals surface area contributed by atoms with Crippen LogP contribution < -0.4 is 10.6 Å². The lowest BCUT2D eigenvalue weighted by Crippen LogP contribution is -2.40. The van der Waals surface area contributed by atoms with E-state index in [1.165, 1.54) is 26.0 Å². The van der Waals surface area contributed by atoms with Gasteiger partial charge >= 0.3 is 12.0 Å². The maximum absolute atomic E-state index is 13.5. The zero-order valence-corrected chi connectivity index (χ0v) is 11.1. The van der Waals surface area contributed by atoms with Gasteiger partial charge in [0.15, 0.2) is 0 Å². The molecule has 0 spiro atoms. The van der Waals surface area contributed by atoms with Crippen LogP contribution in [0.3, 0.4) is 0 Å². The molecule has 0 aliphatic rings. The molecule has 0 aliphatic heterocycles. The van der Waals surface area contributed by atoms with Crippen molar-refractivity contribution in [3.63, 3.8) is 0 Å². The van der Waals surface area contributed by atoms with Crippen molar-refractivity contribution < 1.29 is 19.1 Å². The second kappa shape index (κ2) is 5.69. The third-order valence-electron chi connectivity index (χ3n) is 2.64. The summed E-state index contributed by atoms with van der Waals surface area (Å²) < 4.78 is 13.5. The number of aryl methyl sites for hydroxylation is 1. The molecule has 2 amide bonds. The molecule has 0 saturated heterocycles. The molecule has 1 rings (SSSR count). The molecule has 6 heteroatoms. The van der Waals surface area contributed by atoms with Crippen LogP contribution in [0.25, 0.3) is 0 Å². The molecule has 0 bridgehead atoms. The monoisotopic (exact) mass is 268 g/mol. The van der Waals surface area contributed by atoms with Crippen molar-refractivity contribution in [1.82, 2.24) is 5.32 Å². The van der Waals surface area contributed by atoms with Gasteiger partial charge in [-0.15, -0.1) is 0 Å². The second-order valence-corrected chi connectivity index (χ2v) is 4.98. The van der Waals surface area contributed by atoms with Gasteiger partial charge in [-0.25, -0.2) is 9.18 Å². The number of hydrogen-bond acceptors (Lipinski definition) is 2. The van der Waals surface area contributed by atoms with Crippen LogP contribution in [0.2, 0.25) is 0 Å². The van der Waals surface area contributed by atoms with E-state index in [1.807, 2.05) is 0 Å². The number of carbonyl (C=O) groups excluding carboxylic acids is 1. The molecule has 0 radical (unpaired) electrons. The Morgan fingerprint density at radius 1 is 1.37 bits per heavy atom. The van der Waals surface area contributed by atoms with Gasteiger partial charge in [-0.1, -0.05) is 6.07 Å². The highest BCUT2D eigenvalue weighted by Crippen LogP contribution is 2.16. The minimum Gasteiger partial charge on any atom is -0.481 e. The first-order valence-corrected chi connectivity index (χ1v) is 5.77. The number of aliphatic carboxylic acids is 1. The van der Waals surface area contributed by atoms with Crippen molar-refractivity contribution >= 4 is 17.7 Å². The van der Waals surface area contributed by atoms with Gasteiger partial charge in [-0.2, -0.15) is 0 Å². The molecule has 0 saturated carbocycles. The molecule has 0 heterocycles. The molecule has 0 aliphatic carbocycles. The zero-order valence-electron chi connectivity index (χ0n) is 11.1. The van der Waals surface area contributed by atoms with E-state index in [0.29, 0.717) is 0 Å². The Kier molecular flexibility index (Phi) is 4.47. The van der Waals surface area contributed by atoms with Gasteiger partial charge < -0.3 is 15.7 Å². The Morgan fingerprint density at radius 2 is 2.00 bits per heavy atom. The fourth-order valence-corrected chi connectivity index (χ4v) is 1.26. The third kappa shape index (κ3) is 4.24. The average Bonchev–Trinajstić information content (AvgIpc) is 2.30. The summed E-state index contributed by atoms with van der Waals surface area (Å²) in [5.41, 5.74) is -0.282. The van der Waals surface area contributed by atoms with Crippen LogP contribution in [0.5, 0.6) is 0 Å². The number of urea groups is 1. The fraction of sp³-hybridized carbons (Fsp3) is 0.385. The number of carboxylic acids is 1. The van der Waals surface area contributed by atoms with Crippen LogP contribution in [0.4, 0.5) is 14.9 Å². The van der Waals surface area contributed by atoms with Gasteiger partial charge in [0.1, 0.15) is 5.82 Å². The topological polar surface area (TPSA) is 78.4 Å². The SMILES string of the molecule is Cc1ccc(NC(=O)NCC(C)(C)C(=O)O)c(F)c1. The average molecular weight is 268 g/mol. The Hall–Kier alpha value is -2.11. The lowest BCUT2D eigenvalue weighted by atomic mass is 9.94. The summed E-state index contributed by atoms with van der Waals surface area (Å²) in [7, 11) is 0. The molecular weight excluding hydrogens is 251 g/mol. The maximum Gasteiger partial charge on any atom is 0.319 e. The molecule has 5 nitrogen and oxygen atoms in total. The summed E-state index contributed by atoms with van der Waals surface area (Å²) >= 11 is 0. The Bertz CT molecular complexity index is 501. The van der Waals surface area contributed by atoms with Crippen molar-refractivity contribution in [2.24, 2.45) is 5.41 Å². The summed E-state index contributed by atoms with van der Waals surface area (Å²) in [6.45, 7) is 4.66. The number of nitrogens with one attached hydrogen (secondary N) is 2. The Labute approximate surface area is 110 Å². The number of carbonyl (C=O) groups is 2. The van der Waals surface area contributed by atoms with E-state index in [2.05, 4.69) is 10.6 Å². The van der Waals surface area contributed by atoms with Crippen LogP contribution in [0.1, 0.15) is 19.4 Å². The van der Waals surface area contributed by atoms with E-state index >= 15 is 0 Å². The molecule has 0 aromatic heterocycles. The van der Waals surface area contributed by atoms with E-state index in [9.17, 15) is 14.0 Å². The minimum atomic E-state index is -1.08. The summed E-state index contributed by atoms with van der Waals surface area (Å²) in [6.07, 6.45) is 0. The molecule has 0 atom stereocenters. The van der Waals surface area contributed by atoms with E-state index < -0.39 is 23.2 Å². The fourth-order valence-electron chi connectivity index (χ4n) is 1.26. The van der Waals surface area contributed by atoms with E-state index in [1.54, 1.807) is 13.0 Å². The van der Waals surface area contributed by atoms with E-state index in [0.717, 1.165) is 5.56 Å². The quantitative estimate of drug-likeness (QED) is 0.784. The predicted octanol–water partition coefficient (Wildman–Crippen LogP) is 2.37. The summed E-state index contributed by atoms with van der Waals surface area (Å²) in [5, 5.41) is 13.6. The molecule has 1 aromatic carbocycles. The molecule has 1 aromatic rings. The normalized spacial score (nSPS) is 10.9. The van der Waals surface area contributed by atoms with Gasteiger partial charge in [-0.05, 0) is 38.5 Å². The molecule has 0 fully saturated rings. The Balaban J connectivity index is 2.59. The number of hydrogen-bond donors (Lipinski definition) is 3. The summed E-state index contributed by atoms with van der Waals surface area (Å²) in [6, 6.07) is 3.78. The number of amides is 2. The number of anilines is 1.